The second-order valence-corrected chi connectivity index (χ2v) is 12.9. The number of fused-ring (bicyclic) bond motifs is 6. The summed E-state index contributed by atoms with van der Waals surface area (Å²) < 4.78 is 2.33. The molecule has 2 heterocycles. The molecule has 0 amide bonds. The molecule has 0 bridgehead atoms. The van der Waals surface area contributed by atoms with E-state index < -0.39 is 0 Å². The number of aromatic nitrogens is 2. The number of benzene rings is 5. The van der Waals surface area contributed by atoms with E-state index in [9.17, 15) is 0 Å². The zero-order valence-electron chi connectivity index (χ0n) is 27.6. The maximum atomic E-state index is 4.80. The van der Waals surface area contributed by atoms with Crippen LogP contribution in [-0.2, 0) is 5.41 Å². The number of nitrogens with zero attached hydrogens (tertiary/aromatic N) is 3. The predicted molar refractivity (Wildman–Crippen MR) is 204 cm³/mol. The molecule has 7 aromatic rings. The summed E-state index contributed by atoms with van der Waals surface area (Å²) in [6, 6.07) is 46.0. The molecule has 1 aliphatic rings. The van der Waals surface area contributed by atoms with E-state index >= 15 is 0 Å². The van der Waals surface area contributed by atoms with E-state index in [0.717, 1.165) is 22.9 Å². The smallest absolute Gasteiger partial charge is 0.137 e. The highest BCUT2D eigenvalue weighted by Gasteiger charge is 2.35. The lowest BCUT2D eigenvalue weighted by Gasteiger charge is -2.27. The van der Waals surface area contributed by atoms with Crippen LogP contribution in [0.15, 0.2) is 164 Å². The number of hydrogen-bond acceptors (Lipinski definition) is 2. The second kappa shape index (κ2) is 11.7. The molecule has 5 aromatic carbocycles. The quantitative estimate of drug-likeness (QED) is 0.166. The van der Waals surface area contributed by atoms with Crippen LogP contribution in [-0.4, -0.2) is 9.55 Å². The Morgan fingerprint density at radius 3 is 2.19 bits per heavy atom. The van der Waals surface area contributed by atoms with E-state index in [0.29, 0.717) is 0 Å². The maximum absolute atomic E-state index is 4.80. The highest BCUT2D eigenvalue weighted by atomic mass is 15.2. The summed E-state index contributed by atoms with van der Waals surface area (Å²) in [4.78, 5) is 7.06. The molecule has 232 valence electrons. The molecular formula is C45H37N3. The van der Waals surface area contributed by atoms with Crippen molar-refractivity contribution in [2.75, 3.05) is 4.90 Å². The highest BCUT2D eigenvalue weighted by molar-refractivity contribution is 6.11. The van der Waals surface area contributed by atoms with Crippen molar-refractivity contribution in [1.29, 1.82) is 0 Å². The number of para-hydroxylation sites is 1. The Labute approximate surface area is 282 Å². The number of rotatable bonds is 7. The molecule has 0 saturated heterocycles. The average molecular weight is 620 g/mol. The molecule has 0 saturated carbocycles. The van der Waals surface area contributed by atoms with Crippen LogP contribution in [0.3, 0.4) is 0 Å². The first-order valence-electron chi connectivity index (χ1n) is 16.5. The predicted octanol–water partition coefficient (Wildman–Crippen LogP) is 12.2. The largest absolute Gasteiger partial charge is 0.310 e. The lowest BCUT2D eigenvalue weighted by molar-refractivity contribution is 0.660. The fourth-order valence-electron chi connectivity index (χ4n) is 7.43. The summed E-state index contributed by atoms with van der Waals surface area (Å²) >= 11 is 0. The fourth-order valence-corrected chi connectivity index (χ4v) is 7.43. The standard InChI is InChI=1S/C45H37N3/c1-5-7-14-33(6-2)48-42-18-11-9-16-38(42)39-29-32(22-27-43(39)48)31-20-23-34(24-21-31)47(44-19-12-13-28-46-44)35-25-26-37-36-15-8-10-17-40(36)45(3,4)41(37)30-35/h5-30H,1H2,2-4H3/b14-7-,33-6+. The Bertz CT molecular complexity index is 2390. The molecule has 8 rings (SSSR count). The number of hydrogen-bond donors (Lipinski definition) is 0. The summed E-state index contributed by atoms with van der Waals surface area (Å²) in [7, 11) is 0. The molecule has 2 aromatic heterocycles. The molecule has 1 aliphatic carbocycles. The van der Waals surface area contributed by atoms with Gasteiger partial charge in [-0.15, -0.1) is 0 Å². The van der Waals surface area contributed by atoms with Gasteiger partial charge in [0.2, 0.25) is 0 Å². The zero-order valence-corrected chi connectivity index (χ0v) is 27.6. The molecule has 0 atom stereocenters. The summed E-state index contributed by atoms with van der Waals surface area (Å²) in [6.45, 7) is 10.6. The molecule has 48 heavy (non-hydrogen) atoms. The molecule has 0 N–H and O–H groups in total. The SMILES string of the molecule is C=C/C=C\C(=C/C)n1c2ccccc2c2cc(-c3ccc(N(c4ccc5c(c4)C(C)(C)c4ccccc4-5)c4ccccn4)cc3)ccc21. The Hall–Kier alpha value is -5.93. The monoisotopic (exact) mass is 619 g/mol. The minimum atomic E-state index is -0.0844. The van der Waals surface area contributed by atoms with Gasteiger partial charge < -0.3 is 4.57 Å². The van der Waals surface area contributed by atoms with E-state index in [1.807, 2.05) is 24.4 Å². The van der Waals surface area contributed by atoms with Crippen LogP contribution in [0.4, 0.5) is 17.2 Å². The van der Waals surface area contributed by atoms with Crippen LogP contribution in [0.25, 0.3) is 49.8 Å². The van der Waals surface area contributed by atoms with Gasteiger partial charge in [-0.25, -0.2) is 4.98 Å². The lowest BCUT2D eigenvalue weighted by atomic mass is 9.82. The summed E-state index contributed by atoms with van der Waals surface area (Å²) in [5, 5.41) is 2.47. The van der Waals surface area contributed by atoms with Crippen molar-refractivity contribution in [3.8, 4) is 22.3 Å². The van der Waals surface area contributed by atoms with Crippen molar-refractivity contribution < 1.29 is 0 Å². The van der Waals surface area contributed by atoms with Crippen LogP contribution in [0.1, 0.15) is 31.9 Å². The molecule has 3 nitrogen and oxygen atoms in total. The summed E-state index contributed by atoms with van der Waals surface area (Å²) in [6.07, 6.45) is 9.93. The molecule has 0 radical (unpaired) electrons. The Balaban J connectivity index is 1.21. The Morgan fingerprint density at radius 2 is 1.40 bits per heavy atom. The van der Waals surface area contributed by atoms with E-state index in [2.05, 4.69) is 170 Å². The summed E-state index contributed by atoms with van der Waals surface area (Å²) in [5.41, 5.74) is 13.3. The second-order valence-electron chi connectivity index (χ2n) is 12.9. The fraction of sp³-hybridized carbons (Fsp3) is 0.0889. The number of anilines is 3. The third kappa shape index (κ3) is 4.70. The van der Waals surface area contributed by atoms with Crippen molar-refractivity contribution in [2.45, 2.75) is 26.2 Å². The minimum Gasteiger partial charge on any atom is -0.310 e. The molecular weight excluding hydrogens is 583 g/mol. The van der Waals surface area contributed by atoms with Gasteiger partial charge in [0.1, 0.15) is 5.82 Å². The van der Waals surface area contributed by atoms with E-state index in [1.165, 1.54) is 55.2 Å². The normalized spacial score (nSPS) is 13.6. The number of pyridine rings is 1. The first kappa shape index (κ1) is 29.5. The van der Waals surface area contributed by atoms with Crippen molar-refractivity contribution >= 4 is 44.7 Å². The van der Waals surface area contributed by atoms with Gasteiger partial charge in [0.05, 0.1) is 11.0 Å². The summed E-state index contributed by atoms with van der Waals surface area (Å²) in [5.74, 6) is 0.887. The van der Waals surface area contributed by atoms with Crippen molar-refractivity contribution in [1.82, 2.24) is 9.55 Å². The van der Waals surface area contributed by atoms with Gasteiger partial charge in [-0.3, -0.25) is 4.90 Å². The van der Waals surface area contributed by atoms with Crippen LogP contribution < -0.4 is 4.90 Å². The van der Waals surface area contributed by atoms with E-state index in [4.69, 9.17) is 4.98 Å². The Morgan fingerprint density at radius 1 is 0.688 bits per heavy atom. The first-order valence-corrected chi connectivity index (χ1v) is 16.5. The molecule has 3 heteroatoms. The third-order valence-corrected chi connectivity index (χ3v) is 9.79. The van der Waals surface area contributed by atoms with Crippen LogP contribution in [0.2, 0.25) is 0 Å². The van der Waals surface area contributed by atoms with Crippen molar-refractivity contribution in [2.24, 2.45) is 0 Å². The van der Waals surface area contributed by atoms with Gasteiger partial charge in [-0.2, -0.15) is 0 Å². The molecule has 0 spiro atoms. The molecule has 0 unspecified atom stereocenters. The molecule has 0 fully saturated rings. The lowest BCUT2D eigenvalue weighted by Crippen LogP contribution is -2.16. The molecule has 0 aliphatic heterocycles. The van der Waals surface area contributed by atoms with Crippen molar-refractivity contribution in [3.63, 3.8) is 0 Å². The van der Waals surface area contributed by atoms with Gasteiger partial charge in [0.15, 0.2) is 0 Å². The van der Waals surface area contributed by atoms with E-state index in [-0.39, 0.29) is 5.41 Å². The van der Waals surface area contributed by atoms with Crippen LogP contribution >= 0.6 is 0 Å². The van der Waals surface area contributed by atoms with Crippen molar-refractivity contribution in [3.05, 3.63) is 176 Å². The van der Waals surface area contributed by atoms with Gasteiger partial charge in [-0.05, 0) is 101 Å². The third-order valence-electron chi connectivity index (χ3n) is 9.79. The van der Waals surface area contributed by atoms with E-state index in [1.54, 1.807) is 0 Å². The minimum absolute atomic E-state index is 0.0844. The zero-order chi connectivity index (χ0) is 32.8. The highest BCUT2D eigenvalue weighted by Crippen LogP contribution is 2.50. The maximum Gasteiger partial charge on any atom is 0.137 e. The van der Waals surface area contributed by atoms with Gasteiger partial charge in [-0.1, -0.05) is 111 Å². The average Bonchev–Trinajstić information content (AvgIpc) is 3.58. The van der Waals surface area contributed by atoms with Gasteiger partial charge in [0.25, 0.3) is 0 Å². The van der Waals surface area contributed by atoms with Gasteiger partial charge >= 0.3 is 0 Å². The van der Waals surface area contributed by atoms with Crippen LogP contribution in [0.5, 0.6) is 0 Å². The van der Waals surface area contributed by atoms with Crippen LogP contribution in [0, 0.1) is 0 Å². The van der Waals surface area contributed by atoms with Gasteiger partial charge in [0, 0.05) is 39.5 Å². The topological polar surface area (TPSA) is 21.1 Å². The number of allylic oxidation sites excluding steroid dienone is 5. The Kier molecular flexibility index (Phi) is 7.18. The first-order chi connectivity index (χ1) is 23.5.